The average Bonchev–Trinajstić information content (AvgIpc) is 2.76. The van der Waals surface area contributed by atoms with Crippen LogP contribution in [0.25, 0.3) is 0 Å². The molecule has 1 fully saturated rings. The Labute approximate surface area is 198 Å². The number of nitrogens with zero attached hydrogens (tertiary/aromatic N) is 1. The third-order valence-corrected chi connectivity index (χ3v) is 7.16. The Balaban J connectivity index is 1.61. The lowest BCUT2D eigenvalue weighted by Crippen LogP contribution is -2.70. The molecule has 1 aromatic carbocycles. The molecule has 12 nitrogen and oxygen atoms in total. The molecule has 14 heteroatoms. The minimum absolute atomic E-state index is 0.00435. The Morgan fingerprint density at radius 3 is 2.65 bits per heavy atom. The summed E-state index contributed by atoms with van der Waals surface area (Å²) in [5, 5.41) is 13.7. The number of anilines is 1. The van der Waals surface area contributed by atoms with E-state index < -0.39 is 45.1 Å². The van der Waals surface area contributed by atoms with Gasteiger partial charge in [-0.3, -0.25) is 24.6 Å². The summed E-state index contributed by atoms with van der Waals surface area (Å²) in [4.78, 5) is 60.7. The van der Waals surface area contributed by atoms with Gasteiger partial charge in [0.25, 0.3) is 5.91 Å². The van der Waals surface area contributed by atoms with Gasteiger partial charge in [0.15, 0.2) is 9.84 Å². The third-order valence-electron chi connectivity index (χ3n) is 4.95. The monoisotopic (exact) mass is 511 g/mol. The number of thioether (sulfide) groups is 1. The summed E-state index contributed by atoms with van der Waals surface area (Å²) in [5.74, 6) is -2.80. The molecule has 3 amide bonds. The summed E-state index contributed by atoms with van der Waals surface area (Å²) in [5.41, 5.74) is 0.296. The number of hydrogen-bond donors (Lipinski definition) is 3. The average molecular weight is 512 g/mol. The van der Waals surface area contributed by atoms with Gasteiger partial charge in [-0.2, -0.15) is 0 Å². The zero-order valence-corrected chi connectivity index (χ0v) is 19.5. The van der Waals surface area contributed by atoms with Crippen molar-refractivity contribution in [1.29, 1.82) is 0 Å². The van der Waals surface area contributed by atoms with E-state index in [-0.39, 0.29) is 41.5 Å². The van der Waals surface area contributed by atoms with E-state index in [9.17, 15) is 37.5 Å². The molecular weight excluding hydrogens is 490 g/mol. The Bertz CT molecular complexity index is 1180. The summed E-state index contributed by atoms with van der Waals surface area (Å²) < 4.78 is 27.1. The summed E-state index contributed by atoms with van der Waals surface area (Å²) in [6, 6.07) is 5.40. The number of nitrogens with one attached hydrogen (secondary N) is 2. The lowest BCUT2D eigenvalue weighted by molar-refractivity contribution is -0.150. The van der Waals surface area contributed by atoms with Crippen LogP contribution in [-0.4, -0.2) is 84.4 Å². The van der Waals surface area contributed by atoms with Crippen molar-refractivity contribution in [3.63, 3.8) is 0 Å². The number of β-lactam (4-membered cyclic amide) rings is 1. The first kappa shape index (κ1) is 25.2. The number of carbonyl (C=O) groups is 5. The van der Waals surface area contributed by atoms with Gasteiger partial charge in [0.05, 0.1) is 12.2 Å². The topological polar surface area (TPSA) is 176 Å². The van der Waals surface area contributed by atoms with Crippen molar-refractivity contribution in [2.24, 2.45) is 0 Å². The zero-order valence-electron chi connectivity index (χ0n) is 17.8. The summed E-state index contributed by atoms with van der Waals surface area (Å²) in [7, 11) is -3.29. The van der Waals surface area contributed by atoms with Gasteiger partial charge < -0.3 is 15.2 Å². The maximum atomic E-state index is 12.6. The molecule has 0 aromatic heterocycles. The first-order chi connectivity index (χ1) is 16.0. The van der Waals surface area contributed by atoms with E-state index >= 15 is 0 Å². The number of carboxylic acids is 1. The van der Waals surface area contributed by atoms with Crippen LogP contribution in [0.3, 0.4) is 0 Å². The largest absolute Gasteiger partial charge is 0.477 e. The highest BCUT2D eigenvalue weighted by Crippen LogP contribution is 2.39. The molecule has 1 aromatic rings. The lowest BCUT2D eigenvalue weighted by Gasteiger charge is -2.49. The van der Waals surface area contributed by atoms with E-state index in [4.69, 9.17) is 4.74 Å². The quantitative estimate of drug-likeness (QED) is 0.296. The van der Waals surface area contributed by atoms with E-state index in [1.165, 1.54) is 17.8 Å². The molecule has 34 heavy (non-hydrogen) atoms. The van der Waals surface area contributed by atoms with Gasteiger partial charge >= 0.3 is 12.1 Å². The first-order valence-electron chi connectivity index (χ1n) is 9.87. The molecule has 0 unspecified atom stereocenters. The summed E-state index contributed by atoms with van der Waals surface area (Å²) in [6.45, 7) is -0.328. The van der Waals surface area contributed by atoms with Crippen molar-refractivity contribution >= 4 is 57.4 Å². The molecule has 0 aliphatic carbocycles. The summed E-state index contributed by atoms with van der Waals surface area (Å²) >= 11 is 1.17. The molecule has 3 N–H and O–H groups in total. The highest BCUT2D eigenvalue weighted by atomic mass is 32.2. The Kier molecular flexibility index (Phi) is 7.61. The van der Waals surface area contributed by atoms with Crippen LogP contribution < -0.4 is 10.6 Å². The van der Waals surface area contributed by atoms with Crippen molar-refractivity contribution in [1.82, 2.24) is 10.2 Å². The van der Waals surface area contributed by atoms with Crippen molar-refractivity contribution < 1.29 is 42.2 Å². The van der Waals surface area contributed by atoms with Crippen molar-refractivity contribution in [2.45, 2.75) is 17.8 Å². The number of carbonyl (C=O) groups excluding carboxylic acids is 4. The van der Waals surface area contributed by atoms with E-state index in [0.29, 0.717) is 11.8 Å². The van der Waals surface area contributed by atoms with Crippen molar-refractivity contribution in [2.75, 3.05) is 29.7 Å². The fourth-order valence-corrected chi connectivity index (χ4v) is 5.04. The number of ether oxygens (including phenoxy) is 1. The molecule has 0 radical (unpaired) electrons. The minimum Gasteiger partial charge on any atom is -0.477 e. The van der Waals surface area contributed by atoms with Gasteiger partial charge in [0, 0.05) is 23.3 Å². The van der Waals surface area contributed by atoms with Gasteiger partial charge in [0.2, 0.25) is 5.91 Å². The highest BCUT2D eigenvalue weighted by Gasteiger charge is 2.54. The number of hydrogen-bond acceptors (Lipinski definition) is 9. The van der Waals surface area contributed by atoms with Crippen LogP contribution in [0.2, 0.25) is 0 Å². The van der Waals surface area contributed by atoms with Crippen LogP contribution in [-0.2, 0) is 40.2 Å². The number of benzene rings is 1. The van der Waals surface area contributed by atoms with Gasteiger partial charge in [-0.1, -0.05) is 18.2 Å². The second kappa shape index (κ2) is 10.3. The fraction of sp³-hybridized carbons (Fsp3) is 0.350. The first-order valence-corrected chi connectivity index (χ1v) is 13.0. The Hall–Kier alpha value is -3.39. The molecule has 0 bridgehead atoms. The van der Waals surface area contributed by atoms with Gasteiger partial charge in [-0.25, -0.2) is 18.0 Å². The van der Waals surface area contributed by atoms with E-state index in [0.717, 1.165) is 11.2 Å². The minimum atomic E-state index is -3.29. The normalized spacial score (nSPS) is 19.6. The van der Waals surface area contributed by atoms with Crippen LogP contribution in [0.5, 0.6) is 0 Å². The number of carboxylic acid groups (broad SMARTS) is 1. The predicted molar refractivity (Wildman–Crippen MR) is 121 cm³/mol. The lowest BCUT2D eigenvalue weighted by atomic mass is 10.0. The number of rotatable bonds is 9. The van der Waals surface area contributed by atoms with Gasteiger partial charge in [-0.05, 0) is 11.6 Å². The molecular formula is C20H21N3O9S2. The van der Waals surface area contributed by atoms with Crippen LogP contribution in [0.1, 0.15) is 5.56 Å². The number of para-hydroxylation sites is 1. The van der Waals surface area contributed by atoms with Crippen LogP contribution in [0.15, 0.2) is 35.5 Å². The van der Waals surface area contributed by atoms with Gasteiger partial charge in [-0.15, -0.1) is 11.8 Å². The van der Waals surface area contributed by atoms with Gasteiger partial charge in [0.1, 0.15) is 30.0 Å². The Morgan fingerprint density at radius 2 is 2.00 bits per heavy atom. The predicted octanol–water partition coefficient (Wildman–Crippen LogP) is -0.240. The zero-order chi connectivity index (χ0) is 25.0. The van der Waals surface area contributed by atoms with Crippen LogP contribution in [0.4, 0.5) is 10.5 Å². The smallest absolute Gasteiger partial charge is 0.411 e. The standard InChI is InChI=1S/C20H21N3O9S2/c1-34(30,31)7-6-32-20(29)21-13-5-3-2-4-11(13)8-14(25)22-15-17(26)23-16(19(27)28)12(9-24)10-33-18(15)23/h2-5,9,15,18H,6-8,10H2,1H3,(H,21,29)(H,22,25)(H,27,28)/t15-,18-/m1/s1. The second-order valence-electron chi connectivity index (χ2n) is 7.48. The summed E-state index contributed by atoms with van der Waals surface area (Å²) in [6.07, 6.45) is 0.323. The highest BCUT2D eigenvalue weighted by molar-refractivity contribution is 8.00. The molecule has 1 saturated heterocycles. The van der Waals surface area contributed by atoms with Crippen LogP contribution in [0, 0.1) is 0 Å². The maximum absolute atomic E-state index is 12.6. The number of sulfone groups is 1. The molecule has 2 heterocycles. The molecule has 182 valence electrons. The van der Waals surface area contributed by atoms with E-state index in [1.807, 2.05) is 0 Å². The molecule has 0 spiro atoms. The molecule has 2 atom stereocenters. The molecule has 2 aliphatic rings. The third kappa shape index (κ3) is 5.75. The van der Waals surface area contributed by atoms with Crippen molar-refractivity contribution in [3.05, 3.63) is 41.1 Å². The fourth-order valence-electron chi connectivity index (χ4n) is 3.36. The number of amides is 3. The van der Waals surface area contributed by atoms with Crippen molar-refractivity contribution in [3.8, 4) is 0 Å². The number of aliphatic carboxylic acids is 1. The SMILES string of the molecule is CS(=O)(=O)CCOC(=O)Nc1ccccc1CC(=O)N[C@@H]1C(=O)N2C(C(=O)O)=C(C=O)CS[C@H]12. The Morgan fingerprint density at radius 1 is 1.29 bits per heavy atom. The van der Waals surface area contributed by atoms with E-state index in [2.05, 4.69) is 10.6 Å². The molecule has 0 saturated carbocycles. The number of aldehydes is 1. The van der Waals surface area contributed by atoms with Crippen LogP contribution >= 0.6 is 11.8 Å². The molecule has 3 rings (SSSR count). The number of fused-ring (bicyclic) bond motifs is 1. The van der Waals surface area contributed by atoms with E-state index in [1.54, 1.807) is 18.2 Å². The molecule has 2 aliphatic heterocycles. The maximum Gasteiger partial charge on any atom is 0.411 e. The second-order valence-corrected chi connectivity index (χ2v) is 10.8.